The van der Waals surface area contributed by atoms with E-state index in [0.29, 0.717) is 17.9 Å². The highest BCUT2D eigenvalue weighted by Crippen LogP contribution is 2.16. The molecular formula is C29H43NO4. The van der Waals surface area contributed by atoms with Crippen molar-refractivity contribution in [1.29, 1.82) is 0 Å². The molecule has 0 aliphatic rings. The monoisotopic (exact) mass is 469 g/mol. The Hall–Kier alpha value is -2.79. The molecule has 0 saturated heterocycles. The summed E-state index contributed by atoms with van der Waals surface area (Å²) in [4.78, 5) is 12.6. The third-order valence-corrected chi connectivity index (χ3v) is 5.50. The Morgan fingerprint density at radius 3 is 1.82 bits per heavy atom. The van der Waals surface area contributed by atoms with Crippen LogP contribution in [0.5, 0.6) is 5.75 Å². The summed E-state index contributed by atoms with van der Waals surface area (Å²) in [6.45, 7) is 11.5. The predicted octanol–water partition coefficient (Wildman–Crippen LogP) is 4.27. The van der Waals surface area contributed by atoms with Gasteiger partial charge in [-0.2, -0.15) is 0 Å². The number of ether oxygens (including phenoxy) is 2. The van der Waals surface area contributed by atoms with Gasteiger partial charge in [-0.05, 0) is 48.6 Å². The molecule has 5 heteroatoms. The van der Waals surface area contributed by atoms with Crippen LogP contribution in [0, 0.1) is 0 Å². The first kappa shape index (κ1) is 29.2. The van der Waals surface area contributed by atoms with Gasteiger partial charge in [0.15, 0.2) is 0 Å². The van der Waals surface area contributed by atoms with Crippen molar-refractivity contribution in [3.05, 3.63) is 71.5 Å². The molecule has 34 heavy (non-hydrogen) atoms. The molecular weight excluding hydrogens is 426 g/mol. The number of hydrogen-bond acceptors (Lipinski definition) is 4. The highest BCUT2D eigenvalue weighted by atomic mass is 16.5. The number of hydrogen-bond donors (Lipinski definition) is 1. The van der Waals surface area contributed by atoms with Gasteiger partial charge in [-0.1, -0.05) is 82.5 Å². The van der Waals surface area contributed by atoms with Crippen molar-refractivity contribution in [3.63, 3.8) is 0 Å². The number of quaternary nitrogens is 1. The molecule has 2 aromatic carbocycles. The molecule has 0 atom stereocenters. The van der Waals surface area contributed by atoms with Crippen LogP contribution in [-0.2, 0) is 16.1 Å². The van der Waals surface area contributed by atoms with Crippen molar-refractivity contribution >= 4 is 12.0 Å². The first-order valence-corrected chi connectivity index (χ1v) is 12.6. The Morgan fingerprint density at radius 1 is 0.853 bits per heavy atom. The van der Waals surface area contributed by atoms with Gasteiger partial charge < -0.3 is 24.3 Å². The summed E-state index contributed by atoms with van der Waals surface area (Å²) in [6.07, 6.45) is 9.66. The van der Waals surface area contributed by atoms with Crippen molar-refractivity contribution < 1.29 is 24.3 Å². The summed E-state index contributed by atoms with van der Waals surface area (Å²) < 4.78 is 10.4. The van der Waals surface area contributed by atoms with Gasteiger partial charge in [0.2, 0.25) is 0 Å². The summed E-state index contributed by atoms with van der Waals surface area (Å²) >= 11 is 0. The van der Waals surface area contributed by atoms with Crippen molar-refractivity contribution in [2.45, 2.75) is 65.9 Å². The molecule has 2 rings (SSSR count). The second-order valence-electron chi connectivity index (χ2n) is 8.40. The summed E-state index contributed by atoms with van der Waals surface area (Å²) in [5.74, 6) is -0.849. The Morgan fingerprint density at radius 2 is 1.38 bits per heavy atom. The summed E-state index contributed by atoms with van der Waals surface area (Å²) in [5, 5.41) is 10.7. The van der Waals surface area contributed by atoms with E-state index in [-0.39, 0.29) is 5.76 Å². The van der Waals surface area contributed by atoms with Crippen molar-refractivity contribution in [3.8, 4) is 5.75 Å². The van der Waals surface area contributed by atoms with Crippen LogP contribution in [0.3, 0.4) is 0 Å². The first-order chi connectivity index (χ1) is 16.5. The standard InChI is InChI=1S/C17H16O4.C12H27N/c1-20-16(17(18)19)11-13-7-9-15(10-8-13)21-12-14-5-3-2-4-6-14;1-4-7-10-13(11-8-5-2)12-9-6-3/h2-11H,12H2,1H3,(H,18,19);4-12H2,1-3H3/b16-11-;. The minimum atomic E-state index is -1.35. The van der Waals surface area contributed by atoms with Crippen LogP contribution in [0.2, 0.25) is 0 Å². The van der Waals surface area contributed by atoms with Gasteiger partial charge in [-0.3, -0.25) is 0 Å². The van der Waals surface area contributed by atoms with Crippen LogP contribution < -0.4 is 14.7 Å². The minimum Gasteiger partial charge on any atom is -0.542 e. The average molecular weight is 470 g/mol. The fraction of sp³-hybridized carbons (Fsp3) is 0.483. The Bertz CT molecular complexity index is 784. The van der Waals surface area contributed by atoms with Crippen LogP contribution >= 0.6 is 0 Å². The van der Waals surface area contributed by atoms with E-state index in [4.69, 9.17) is 9.47 Å². The maximum absolute atomic E-state index is 10.7. The van der Waals surface area contributed by atoms with Crippen molar-refractivity contribution in [2.24, 2.45) is 0 Å². The fourth-order valence-corrected chi connectivity index (χ4v) is 3.41. The molecule has 188 valence electrons. The van der Waals surface area contributed by atoms with Crippen molar-refractivity contribution in [2.75, 3.05) is 26.7 Å². The molecule has 0 fully saturated rings. The Balaban J connectivity index is 0.000000385. The minimum absolute atomic E-state index is 0.215. The van der Waals surface area contributed by atoms with E-state index in [9.17, 15) is 9.90 Å². The van der Waals surface area contributed by atoms with Crippen LogP contribution in [0.15, 0.2) is 60.4 Å². The highest BCUT2D eigenvalue weighted by Gasteiger charge is 2.05. The third-order valence-electron chi connectivity index (χ3n) is 5.50. The molecule has 1 N–H and O–H groups in total. The number of unbranched alkanes of at least 4 members (excludes halogenated alkanes) is 3. The Kier molecular flexibility index (Phi) is 16.0. The lowest BCUT2D eigenvalue weighted by Gasteiger charge is -2.18. The molecule has 0 spiro atoms. The van der Waals surface area contributed by atoms with Gasteiger partial charge in [-0.15, -0.1) is 0 Å². The zero-order valence-corrected chi connectivity index (χ0v) is 21.5. The van der Waals surface area contributed by atoms with Gasteiger partial charge in [0.1, 0.15) is 24.1 Å². The second-order valence-corrected chi connectivity index (χ2v) is 8.40. The van der Waals surface area contributed by atoms with Gasteiger partial charge in [0.25, 0.3) is 0 Å². The molecule has 0 radical (unpaired) electrons. The predicted molar refractivity (Wildman–Crippen MR) is 137 cm³/mol. The van der Waals surface area contributed by atoms with Gasteiger partial charge in [0, 0.05) is 0 Å². The van der Waals surface area contributed by atoms with E-state index in [1.54, 1.807) is 24.3 Å². The number of rotatable bonds is 15. The molecule has 0 heterocycles. The number of methoxy groups -OCH3 is 1. The van der Waals surface area contributed by atoms with E-state index < -0.39 is 5.97 Å². The normalized spacial score (nSPS) is 11.0. The zero-order chi connectivity index (χ0) is 25.0. The lowest BCUT2D eigenvalue weighted by atomic mass is 10.2. The first-order valence-electron chi connectivity index (χ1n) is 12.6. The van der Waals surface area contributed by atoms with E-state index in [1.807, 2.05) is 35.2 Å². The summed E-state index contributed by atoms with van der Waals surface area (Å²) in [5.41, 5.74) is 1.78. The van der Waals surface area contributed by atoms with E-state index in [2.05, 4.69) is 20.8 Å². The maximum Gasteiger partial charge on any atom is 0.142 e. The van der Waals surface area contributed by atoms with E-state index in [0.717, 1.165) is 5.56 Å². The lowest BCUT2D eigenvalue weighted by molar-refractivity contribution is -0.900. The van der Waals surface area contributed by atoms with Gasteiger partial charge >= 0.3 is 0 Å². The van der Waals surface area contributed by atoms with Gasteiger partial charge in [-0.25, -0.2) is 0 Å². The van der Waals surface area contributed by atoms with Gasteiger partial charge in [0.05, 0.1) is 26.7 Å². The van der Waals surface area contributed by atoms with Crippen molar-refractivity contribution in [1.82, 2.24) is 0 Å². The largest absolute Gasteiger partial charge is 0.542 e. The Labute approximate surface area is 206 Å². The maximum atomic E-state index is 10.7. The van der Waals surface area contributed by atoms with E-state index in [1.165, 1.54) is 71.3 Å². The number of nitrogens with one attached hydrogen (secondary N) is 1. The molecule has 5 nitrogen and oxygen atoms in total. The summed E-state index contributed by atoms with van der Waals surface area (Å²) in [7, 11) is 1.29. The zero-order valence-electron chi connectivity index (χ0n) is 21.5. The number of benzene rings is 2. The molecule has 0 aliphatic heterocycles. The molecule has 0 amide bonds. The number of carbonyl (C=O) groups excluding carboxylic acids is 1. The van der Waals surface area contributed by atoms with Crippen LogP contribution in [-0.4, -0.2) is 32.7 Å². The topological polar surface area (TPSA) is 63.0 Å². The quantitative estimate of drug-likeness (QED) is 0.312. The lowest BCUT2D eigenvalue weighted by Crippen LogP contribution is -3.12. The molecule has 2 aromatic rings. The number of carbonyl (C=O) groups is 1. The van der Waals surface area contributed by atoms with Crippen LogP contribution in [0.25, 0.3) is 6.08 Å². The molecule has 0 saturated carbocycles. The smallest absolute Gasteiger partial charge is 0.142 e. The summed E-state index contributed by atoms with van der Waals surface area (Å²) in [6, 6.07) is 16.9. The highest BCUT2D eigenvalue weighted by molar-refractivity contribution is 5.88. The third kappa shape index (κ3) is 13.0. The fourth-order valence-electron chi connectivity index (χ4n) is 3.41. The molecule has 0 aliphatic carbocycles. The number of aliphatic carboxylic acids is 1. The SMILES string of the molecule is CCCC[NH+](CCCC)CCCC.CO/C(=C\c1ccc(OCc2ccccc2)cc1)C(=O)[O-]. The second kappa shape index (κ2) is 18.6. The van der Waals surface area contributed by atoms with E-state index >= 15 is 0 Å². The van der Waals surface area contributed by atoms with Crippen LogP contribution in [0.1, 0.15) is 70.4 Å². The number of carboxylic acid groups (broad SMARTS) is 1. The molecule has 0 aromatic heterocycles. The number of carboxylic acids is 1. The molecule has 0 unspecified atom stereocenters. The average Bonchev–Trinajstić information content (AvgIpc) is 2.87. The van der Waals surface area contributed by atoms with Crippen LogP contribution in [0.4, 0.5) is 0 Å². The molecule has 0 bridgehead atoms.